The molecule has 0 aliphatic heterocycles. The van der Waals surface area contributed by atoms with Crippen molar-refractivity contribution in [3.63, 3.8) is 0 Å². The monoisotopic (exact) mass is 178 g/mol. The average molecular weight is 178 g/mol. The molecule has 0 aliphatic rings. The van der Waals surface area contributed by atoms with E-state index in [9.17, 15) is 5.02 Å². The normalized spacial score (nSPS) is 9.69. The summed E-state index contributed by atoms with van der Waals surface area (Å²) in [5.41, 5.74) is 0. The molecule has 1 N–H and O–H groups in total. The van der Waals surface area contributed by atoms with E-state index < -0.39 is 7.12 Å². The molecule has 0 spiro atoms. The third-order valence-corrected chi connectivity index (χ3v) is 1.82. The molecule has 3 heteroatoms. The van der Waals surface area contributed by atoms with Crippen molar-refractivity contribution in [2.75, 3.05) is 0 Å². The van der Waals surface area contributed by atoms with Crippen molar-refractivity contribution in [3.05, 3.63) is 30.3 Å². The maximum Gasteiger partial charge on any atom is 0.522 e. The van der Waals surface area contributed by atoms with E-state index in [0.717, 1.165) is 18.6 Å². The zero-order chi connectivity index (χ0) is 9.52. The predicted octanol–water partition coefficient (Wildman–Crippen LogP) is 2.35. The Morgan fingerprint density at radius 2 is 2.00 bits per heavy atom. The molecule has 0 aromatic heterocycles. The third-order valence-electron chi connectivity index (χ3n) is 1.82. The second kappa shape index (κ2) is 5.65. The highest BCUT2D eigenvalue weighted by atomic mass is 16.5. The summed E-state index contributed by atoms with van der Waals surface area (Å²) in [6.07, 6.45) is 2.77. The van der Waals surface area contributed by atoms with Gasteiger partial charge in [-0.15, -0.1) is 0 Å². The second-order valence-corrected chi connectivity index (χ2v) is 3.03. The third kappa shape index (κ3) is 3.99. The molecule has 2 nitrogen and oxygen atoms in total. The molecule has 0 unspecified atom stereocenters. The summed E-state index contributed by atoms with van der Waals surface area (Å²) in [4.78, 5) is 0. The minimum Gasteiger partial charge on any atom is -0.536 e. The lowest BCUT2D eigenvalue weighted by atomic mass is 9.83. The SMILES string of the molecule is CCCCB(O)Oc1ccccc1. The lowest BCUT2D eigenvalue weighted by Gasteiger charge is -2.08. The Hall–Kier alpha value is -0.955. The molecule has 1 rings (SSSR count). The lowest BCUT2D eigenvalue weighted by molar-refractivity contribution is 0.410. The van der Waals surface area contributed by atoms with Crippen LogP contribution in [-0.4, -0.2) is 12.1 Å². The van der Waals surface area contributed by atoms with Gasteiger partial charge >= 0.3 is 7.12 Å². The van der Waals surface area contributed by atoms with E-state index >= 15 is 0 Å². The van der Waals surface area contributed by atoms with Gasteiger partial charge in [-0.05, 0) is 18.5 Å². The van der Waals surface area contributed by atoms with E-state index in [0.29, 0.717) is 6.32 Å². The molecule has 0 radical (unpaired) electrons. The maximum atomic E-state index is 9.41. The number of unbranched alkanes of at least 4 members (excludes halogenated alkanes) is 1. The fourth-order valence-electron chi connectivity index (χ4n) is 1.09. The van der Waals surface area contributed by atoms with E-state index in [1.807, 2.05) is 30.3 Å². The van der Waals surface area contributed by atoms with Crippen LogP contribution >= 0.6 is 0 Å². The van der Waals surface area contributed by atoms with Gasteiger partial charge in [0, 0.05) is 0 Å². The Balaban J connectivity index is 2.32. The van der Waals surface area contributed by atoms with Crippen molar-refractivity contribution in [3.8, 4) is 5.75 Å². The smallest absolute Gasteiger partial charge is 0.522 e. The van der Waals surface area contributed by atoms with Crippen molar-refractivity contribution in [1.29, 1.82) is 0 Å². The molecular formula is C10H15BO2. The van der Waals surface area contributed by atoms with Gasteiger partial charge in [0.2, 0.25) is 0 Å². The van der Waals surface area contributed by atoms with Crippen LogP contribution in [0.2, 0.25) is 6.32 Å². The maximum absolute atomic E-state index is 9.41. The summed E-state index contributed by atoms with van der Waals surface area (Å²) in [6, 6.07) is 9.39. The first-order valence-corrected chi connectivity index (χ1v) is 4.72. The van der Waals surface area contributed by atoms with Gasteiger partial charge in [0.05, 0.1) is 0 Å². The van der Waals surface area contributed by atoms with Gasteiger partial charge < -0.3 is 9.68 Å². The Labute approximate surface area is 79.7 Å². The molecule has 13 heavy (non-hydrogen) atoms. The zero-order valence-corrected chi connectivity index (χ0v) is 7.94. The van der Waals surface area contributed by atoms with Gasteiger partial charge in [0.15, 0.2) is 0 Å². The number of benzene rings is 1. The quantitative estimate of drug-likeness (QED) is 0.701. The fourth-order valence-corrected chi connectivity index (χ4v) is 1.09. The van der Waals surface area contributed by atoms with Crippen molar-refractivity contribution >= 4 is 7.12 Å². The first-order chi connectivity index (χ1) is 6.33. The summed E-state index contributed by atoms with van der Waals surface area (Å²) < 4.78 is 5.27. The Morgan fingerprint density at radius 3 is 2.62 bits per heavy atom. The number of hydrogen-bond acceptors (Lipinski definition) is 2. The van der Waals surface area contributed by atoms with Crippen molar-refractivity contribution < 1.29 is 9.68 Å². The Bertz CT molecular complexity index is 226. The summed E-state index contributed by atoms with van der Waals surface area (Å²) in [7, 11) is -0.664. The van der Waals surface area contributed by atoms with Gasteiger partial charge in [-0.1, -0.05) is 38.0 Å². The predicted molar refractivity (Wildman–Crippen MR) is 54.8 cm³/mol. The summed E-state index contributed by atoms with van der Waals surface area (Å²) in [5, 5.41) is 9.41. The van der Waals surface area contributed by atoms with E-state index in [-0.39, 0.29) is 0 Å². The number of para-hydroxylation sites is 1. The van der Waals surface area contributed by atoms with Gasteiger partial charge in [-0.2, -0.15) is 0 Å². The Kier molecular flexibility index (Phi) is 4.40. The van der Waals surface area contributed by atoms with Gasteiger partial charge in [-0.3, -0.25) is 0 Å². The van der Waals surface area contributed by atoms with Crippen LogP contribution in [0.3, 0.4) is 0 Å². The molecule has 0 amide bonds. The molecule has 0 aliphatic carbocycles. The molecule has 0 fully saturated rings. The van der Waals surface area contributed by atoms with Gasteiger partial charge in [0.1, 0.15) is 5.75 Å². The molecule has 1 aromatic rings. The molecule has 0 saturated carbocycles. The minimum absolute atomic E-state index is 0.664. The molecule has 70 valence electrons. The standard InChI is InChI=1S/C10H15BO2/c1-2-3-9-11(12)13-10-7-5-4-6-8-10/h4-8,12H,2-3,9H2,1H3. The van der Waals surface area contributed by atoms with Crippen LogP contribution in [0.5, 0.6) is 5.75 Å². The molecule has 0 heterocycles. The van der Waals surface area contributed by atoms with E-state index in [1.54, 1.807) is 0 Å². The van der Waals surface area contributed by atoms with Gasteiger partial charge in [-0.25, -0.2) is 0 Å². The Morgan fingerprint density at radius 1 is 1.31 bits per heavy atom. The first-order valence-electron chi connectivity index (χ1n) is 4.72. The highest BCUT2D eigenvalue weighted by molar-refractivity contribution is 6.43. The second-order valence-electron chi connectivity index (χ2n) is 3.03. The van der Waals surface area contributed by atoms with Crippen LogP contribution in [0.4, 0.5) is 0 Å². The van der Waals surface area contributed by atoms with Crippen molar-refractivity contribution in [2.45, 2.75) is 26.1 Å². The zero-order valence-electron chi connectivity index (χ0n) is 7.94. The number of rotatable bonds is 5. The first kappa shape index (κ1) is 10.1. The molecule has 0 bridgehead atoms. The van der Waals surface area contributed by atoms with Crippen LogP contribution in [-0.2, 0) is 0 Å². The molecule has 0 saturated heterocycles. The molecule has 1 aromatic carbocycles. The van der Waals surface area contributed by atoms with E-state index in [1.165, 1.54) is 0 Å². The minimum atomic E-state index is -0.664. The average Bonchev–Trinajstić information content (AvgIpc) is 2.16. The molecular weight excluding hydrogens is 163 g/mol. The van der Waals surface area contributed by atoms with Gasteiger partial charge in [0.25, 0.3) is 0 Å². The van der Waals surface area contributed by atoms with Crippen molar-refractivity contribution in [2.24, 2.45) is 0 Å². The summed E-state index contributed by atoms with van der Waals surface area (Å²) in [5.74, 6) is 0.728. The highest BCUT2D eigenvalue weighted by Gasteiger charge is 2.13. The topological polar surface area (TPSA) is 29.5 Å². The van der Waals surface area contributed by atoms with Crippen molar-refractivity contribution in [1.82, 2.24) is 0 Å². The summed E-state index contributed by atoms with van der Waals surface area (Å²) in [6.45, 7) is 2.09. The van der Waals surface area contributed by atoms with Crippen LogP contribution in [0.1, 0.15) is 19.8 Å². The molecule has 0 atom stereocenters. The number of hydrogen-bond donors (Lipinski definition) is 1. The van der Waals surface area contributed by atoms with Crippen LogP contribution in [0, 0.1) is 0 Å². The van der Waals surface area contributed by atoms with Crippen LogP contribution in [0.15, 0.2) is 30.3 Å². The highest BCUT2D eigenvalue weighted by Crippen LogP contribution is 2.11. The van der Waals surface area contributed by atoms with E-state index in [2.05, 4.69) is 6.92 Å². The fraction of sp³-hybridized carbons (Fsp3) is 0.400. The van der Waals surface area contributed by atoms with E-state index in [4.69, 9.17) is 4.65 Å². The lowest BCUT2D eigenvalue weighted by Crippen LogP contribution is -2.20. The van der Waals surface area contributed by atoms with Crippen LogP contribution < -0.4 is 4.65 Å². The largest absolute Gasteiger partial charge is 0.536 e. The summed E-state index contributed by atoms with van der Waals surface area (Å²) >= 11 is 0. The van der Waals surface area contributed by atoms with Crippen LogP contribution in [0.25, 0.3) is 0 Å².